The molecule has 3 fully saturated rings. The summed E-state index contributed by atoms with van der Waals surface area (Å²) in [5.41, 5.74) is 0. The Balaban J connectivity index is 1.43. The van der Waals surface area contributed by atoms with Crippen LogP contribution < -0.4 is 10.6 Å². The largest absolute Gasteiger partial charge is 0.376 e. The molecular weight excluding hydrogens is 230 g/mol. The van der Waals surface area contributed by atoms with Crippen molar-refractivity contribution in [2.45, 2.75) is 37.8 Å². The molecule has 0 aromatic heterocycles. The number of nitrogens with zero attached hydrogens (tertiary/aromatic N) is 1. The second-order valence-electron chi connectivity index (χ2n) is 5.68. The minimum absolute atomic E-state index is 0.121. The van der Waals surface area contributed by atoms with Gasteiger partial charge in [0, 0.05) is 26.2 Å². The summed E-state index contributed by atoms with van der Waals surface area (Å²) in [5, 5.41) is 6.45. The highest BCUT2D eigenvalue weighted by molar-refractivity contribution is 5.76. The average Bonchev–Trinajstić information content (AvgIpc) is 2.67. The molecule has 0 bridgehead atoms. The summed E-state index contributed by atoms with van der Waals surface area (Å²) in [6.45, 7) is 4.37. The topological polar surface area (TPSA) is 53.6 Å². The maximum Gasteiger partial charge on any atom is 0.317 e. The quantitative estimate of drug-likeness (QED) is 0.769. The van der Waals surface area contributed by atoms with Gasteiger partial charge in [-0.25, -0.2) is 4.79 Å². The third kappa shape index (κ3) is 2.62. The molecule has 5 nitrogen and oxygen atoms in total. The van der Waals surface area contributed by atoms with Gasteiger partial charge in [-0.2, -0.15) is 0 Å². The van der Waals surface area contributed by atoms with Gasteiger partial charge >= 0.3 is 6.03 Å². The lowest BCUT2D eigenvalue weighted by atomic mass is 9.80. The minimum atomic E-state index is 0.121. The van der Waals surface area contributed by atoms with Gasteiger partial charge < -0.3 is 20.3 Å². The standard InChI is InChI=1S/C13H23N3O2/c17-13-15-12(10-2-1-3-10)9-16(13)6-4-11-8-14-5-7-18-11/h10-12,14H,1-9H2,(H,15,17). The van der Waals surface area contributed by atoms with Crippen LogP contribution in [-0.4, -0.2) is 55.9 Å². The zero-order valence-corrected chi connectivity index (χ0v) is 10.9. The Labute approximate surface area is 108 Å². The molecule has 0 aromatic rings. The summed E-state index contributed by atoms with van der Waals surface area (Å²) in [6.07, 6.45) is 5.12. The Kier molecular flexibility index (Phi) is 3.70. The van der Waals surface area contributed by atoms with Crippen LogP contribution >= 0.6 is 0 Å². The average molecular weight is 253 g/mol. The molecule has 3 aliphatic rings. The number of hydrogen-bond donors (Lipinski definition) is 2. The van der Waals surface area contributed by atoms with Crippen molar-refractivity contribution >= 4 is 6.03 Å². The van der Waals surface area contributed by atoms with Crippen LogP contribution in [0.2, 0.25) is 0 Å². The molecule has 5 heteroatoms. The predicted octanol–water partition coefficient (Wildman–Crippen LogP) is 0.559. The van der Waals surface area contributed by atoms with Crippen molar-refractivity contribution < 1.29 is 9.53 Å². The highest BCUT2D eigenvalue weighted by Gasteiger charge is 2.36. The molecule has 102 valence electrons. The molecule has 1 saturated carbocycles. The van der Waals surface area contributed by atoms with Crippen LogP contribution in [0.1, 0.15) is 25.7 Å². The Morgan fingerprint density at radius 3 is 2.94 bits per heavy atom. The lowest BCUT2D eigenvalue weighted by molar-refractivity contribution is 0.0199. The molecule has 2 heterocycles. The van der Waals surface area contributed by atoms with Crippen LogP contribution in [0.4, 0.5) is 4.79 Å². The van der Waals surface area contributed by atoms with Crippen molar-refractivity contribution in [3.8, 4) is 0 Å². The summed E-state index contributed by atoms with van der Waals surface area (Å²) >= 11 is 0. The van der Waals surface area contributed by atoms with Crippen molar-refractivity contribution in [1.82, 2.24) is 15.5 Å². The normalized spacial score (nSPS) is 33.3. The number of hydrogen-bond acceptors (Lipinski definition) is 3. The second-order valence-corrected chi connectivity index (χ2v) is 5.68. The summed E-state index contributed by atoms with van der Waals surface area (Å²) in [6, 6.07) is 0.521. The van der Waals surface area contributed by atoms with Crippen molar-refractivity contribution in [3.63, 3.8) is 0 Å². The molecule has 2 unspecified atom stereocenters. The van der Waals surface area contributed by atoms with Gasteiger partial charge in [-0.1, -0.05) is 6.42 Å². The fourth-order valence-electron chi connectivity index (χ4n) is 3.02. The Morgan fingerprint density at radius 1 is 1.39 bits per heavy atom. The van der Waals surface area contributed by atoms with E-state index in [2.05, 4.69) is 10.6 Å². The Hall–Kier alpha value is -0.810. The highest BCUT2D eigenvalue weighted by atomic mass is 16.5. The van der Waals surface area contributed by atoms with Gasteiger partial charge in [-0.05, 0) is 25.2 Å². The summed E-state index contributed by atoms with van der Waals surface area (Å²) in [7, 11) is 0. The predicted molar refractivity (Wildman–Crippen MR) is 68.5 cm³/mol. The Morgan fingerprint density at radius 2 is 2.28 bits per heavy atom. The molecule has 2 atom stereocenters. The maximum atomic E-state index is 11.9. The fourth-order valence-corrected chi connectivity index (χ4v) is 3.02. The van der Waals surface area contributed by atoms with E-state index in [1.807, 2.05) is 4.90 Å². The van der Waals surface area contributed by atoms with E-state index in [1.165, 1.54) is 19.3 Å². The molecule has 2 aliphatic heterocycles. The van der Waals surface area contributed by atoms with Crippen LogP contribution in [-0.2, 0) is 4.74 Å². The van der Waals surface area contributed by atoms with Crippen molar-refractivity contribution in [2.75, 3.05) is 32.8 Å². The van der Waals surface area contributed by atoms with Crippen LogP contribution in [0.3, 0.4) is 0 Å². The van der Waals surface area contributed by atoms with Crippen LogP contribution in [0, 0.1) is 5.92 Å². The first-order valence-corrected chi connectivity index (χ1v) is 7.20. The minimum Gasteiger partial charge on any atom is -0.376 e. The lowest BCUT2D eigenvalue weighted by Gasteiger charge is -2.30. The van der Waals surface area contributed by atoms with E-state index in [9.17, 15) is 4.79 Å². The molecule has 0 spiro atoms. The van der Waals surface area contributed by atoms with E-state index in [1.54, 1.807) is 0 Å². The van der Waals surface area contributed by atoms with Gasteiger partial charge in [-0.3, -0.25) is 0 Å². The van der Waals surface area contributed by atoms with Gasteiger partial charge in [0.15, 0.2) is 0 Å². The van der Waals surface area contributed by atoms with Crippen molar-refractivity contribution in [2.24, 2.45) is 5.92 Å². The number of carbonyl (C=O) groups excluding carboxylic acids is 1. The third-order valence-corrected chi connectivity index (χ3v) is 4.46. The highest BCUT2D eigenvalue weighted by Crippen LogP contribution is 2.31. The van der Waals surface area contributed by atoms with Gasteiger partial charge in [-0.15, -0.1) is 0 Å². The van der Waals surface area contributed by atoms with E-state index in [0.717, 1.165) is 45.1 Å². The molecular formula is C13H23N3O2. The number of rotatable bonds is 4. The number of amides is 2. The van der Waals surface area contributed by atoms with E-state index in [0.29, 0.717) is 6.04 Å². The monoisotopic (exact) mass is 253 g/mol. The zero-order valence-electron chi connectivity index (χ0n) is 10.9. The van der Waals surface area contributed by atoms with Crippen molar-refractivity contribution in [3.05, 3.63) is 0 Å². The van der Waals surface area contributed by atoms with Crippen LogP contribution in [0.25, 0.3) is 0 Å². The number of carbonyl (C=O) groups is 1. The number of urea groups is 1. The summed E-state index contributed by atoms with van der Waals surface area (Å²) in [4.78, 5) is 13.8. The smallest absolute Gasteiger partial charge is 0.317 e. The summed E-state index contributed by atoms with van der Waals surface area (Å²) < 4.78 is 5.66. The first kappa shape index (κ1) is 12.2. The zero-order chi connectivity index (χ0) is 12.4. The molecule has 2 saturated heterocycles. The number of ether oxygens (including phenoxy) is 1. The molecule has 18 heavy (non-hydrogen) atoms. The molecule has 0 aromatic carbocycles. The van der Waals surface area contributed by atoms with Crippen LogP contribution in [0.15, 0.2) is 0 Å². The van der Waals surface area contributed by atoms with E-state index in [4.69, 9.17) is 4.74 Å². The molecule has 2 amide bonds. The fraction of sp³-hybridized carbons (Fsp3) is 0.923. The SMILES string of the molecule is O=C1NC(C2CCC2)CN1CCC1CNCCO1. The van der Waals surface area contributed by atoms with E-state index >= 15 is 0 Å². The van der Waals surface area contributed by atoms with E-state index in [-0.39, 0.29) is 12.1 Å². The van der Waals surface area contributed by atoms with Crippen LogP contribution in [0.5, 0.6) is 0 Å². The Bertz CT molecular complexity index is 301. The first-order valence-electron chi connectivity index (χ1n) is 7.20. The number of nitrogens with one attached hydrogen (secondary N) is 2. The van der Waals surface area contributed by atoms with Gasteiger partial charge in [0.2, 0.25) is 0 Å². The second kappa shape index (κ2) is 5.45. The third-order valence-electron chi connectivity index (χ3n) is 4.46. The molecule has 1 aliphatic carbocycles. The van der Waals surface area contributed by atoms with E-state index < -0.39 is 0 Å². The molecule has 0 radical (unpaired) electrons. The summed E-state index contributed by atoms with van der Waals surface area (Å²) in [5.74, 6) is 0.728. The lowest BCUT2D eigenvalue weighted by Crippen LogP contribution is -2.41. The molecule has 3 rings (SSSR count). The van der Waals surface area contributed by atoms with Gasteiger partial charge in [0.05, 0.1) is 18.8 Å². The van der Waals surface area contributed by atoms with Gasteiger partial charge in [0.25, 0.3) is 0 Å². The maximum absolute atomic E-state index is 11.9. The molecule has 2 N–H and O–H groups in total. The van der Waals surface area contributed by atoms with Gasteiger partial charge in [0.1, 0.15) is 0 Å². The first-order chi connectivity index (χ1) is 8.83. The van der Waals surface area contributed by atoms with Crippen molar-refractivity contribution in [1.29, 1.82) is 0 Å². The number of morpholine rings is 1.